The Hall–Kier alpha value is -3.29. The van der Waals surface area contributed by atoms with Gasteiger partial charge in [-0.05, 0) is 42.3 Å². The van der Waals surface area contributed by atoms with Crippen molar-refractivity contribution in [3.05, 3.63) is 59.4 Å². The number of halogens is 3. The first-order valence-electron chi connectivity index (χ1n) is 9.63. The normalized spacial score (nSPS) is 16.6. The minimum Gasteiger partial charge on any atom is -0.327 e. The molecule has 0 spiro atoms. The number of anilines is 1. The number of carbonyl (C=O) groups excluding carboxylic acids is 2. The molecule has 5 N–H and O–H groups in total. The van der Waals surface area contributed by atoms with Gasteiger partial charge >= 0.3 is 0 Å². The number of amides is 2. The standard InChI is InChI=1S/C20H20F3N5O4S/c21-15-10-17(23)16(22)8-11(15)7-12(24)9-19(29)28-18(5-6-26-28)20(30)27-13-1-3-14(4-2-13)33(25,31)32/h1-4,6,8,10,12,18H,5,7,9,24H2,(H,27,30)(H2,25,31,32)/t12-,18?/m1/s1. The number of rotatable bonds is 7. The quantitative estimate of drug-likeness (QED) is 0.507. The van der Waals surface area contributed by atoms with Gasteiger partial charge < -0.3 is 11.1 Å². The van der Waals surface area contributed by atoms with Crippen molar-refractivity contribution < 1.29 is 31.2 Å². The molecule has 33 heavy (non-hydrogen) atoms. The van der Waals surface area contributed by atoms with Crippen molar-refractivity contribution in [3.8, 4) is 0 Å². The van der Waals surface area contributed by atoms with Crippen LogP contribution in [0.1, 0.15) is 18.4 Å². The molecule has 0 bridgehead atoms. The van der Waals surface area contributed by atoms with Crippen molar-refractivity contribution in [2.24, 2.45) is 16.0 Å². The maximum absolute atomic E-state index is 13.8. The van der Waals surface area contributed by atoms with E-state index in [4.69, 9.17) is 10.9 Å². The fourth-order valence-electron chi connectivity index (χ4n) is 3.22. The molecule has 9 nitrogen and oxygen atoms in total. The van der Waals surface area contributed by atoms with E-state index < -0.39 is 51.4 Å². The fourth-order valence-corrected chi connectivity index (χ4v) is 3.73. The van der Waals surface area contributed by atoms with E-state index in [9.17, 15) is 31.2 Å². The van der Waals surface area contributed by atoms with Crippen LogP contribution in [-0.2, 0) is 26.0 Å². The topological polar surface area (TPSA) is 148 Å². The Labute approximate surface area is 187 Å². The maximum atomic E-state index is 13.8. The van der Waals surface area contributed by atoms with Gasteiger partial charge in [0, 0.05) is 36.9 Å². The Balaban J connectivity index is 1.61. The molecule has 0 saturated heterocycles. The van der Waals surface area contributed by atoms with Crippen LogP contribution in [0.4, 0.5) is 18.9 Å². The molecule has 0 radical (unpaired) electrons. The van der Waals surface area contributed by atoms with Gasteiger partial charge in [-0.3, -0.25) is 9.59 Å². The molecule has 0 saturated carbocycles. The largest absolute Gasteiger partial charge is 0.327 e. The molecule has 2 aromatic rings. The smallest absolute Gasteiger partial charge is 0.249 e. The van der Waals surface area contributed by atoms with Crippen molar-refractivity contribution in [1.82, 2.24) is 5.01 Å². The summed E-state index contributed by atoms with van der Waals surface area (Å²) in [5.41, 5.74) is 5.97. The number of nitrogens with zero attached hydrogens (tertiary/aromatic N) is 2. The third-order valence-corrected chi connectivity index (χ3v) is 5.78. The first-order valence-corrected chi connectivity index (χ1v) is 11.2. The second-order valence-corrected chi connectivity index (χ2v) is 8.93. The summed E-state index contributed by atoms with van der Waals surface area (Å²) >= 11 is 0. The Kier molecular flexibility index (Phi) is 7.15. The molecule has 0 aliphatic carbocycles. The van der Waals surface area contributed by atoms with Gasteiger partial charge in [0.2, 0.25) is 21.8 Å². The lowest BCUT2D eigenvalue weighted by Gasteiger charge is -2.23. The van der Waals surface area contributed by atoms with Gasteiger partial charge in [-0.25, -0.2) is 31.7 Å². The Morgan fingerprint density at radius 1 is 1.12 bits per heavy atom. The van der Waals surface area contributed by atoms with E-state index in [-0.39, 0.29) is 35.4 Å². The molecule has 0 aromatic heterocycles. The summed E-state index contributed by atoms with van der Waals surface area (Å²) in [5, 5.41) is 12.4. The lowest BCUT2D eigenvalue weighted by Crippen LogP contribution is -2.43. The van der Waals surface area contributed by atoms with Crippen LogP contribution in [0.2, 0.25) is 0 Å². The molecule has 176 valence electrons. The van der Waals surface area contributed by atoms with Crippen LogP contribution in [0.5, 0.6) is 0 Å². The third kappa shape index (κ3) is 5.94. The zero-order valence-electron chi connectivity index (χ0n) is 17.0. The Bertz CT molecular complexity index is 1200. The van der Waals surface area contributed by atoms with E-state index in [2.05, 4.69) is 10.4 Å². The lowest BCUT2D eigenvalue weighted by molar-refractivity contribution is -0.137. The highest BCUT2D eigenvalue weighted by Gasteiger charge is 2.33. The fraction of sp³-hybridized carbons (Fsp3) is 0.250. The van der Waals surface area contributed by atoms with Crippen molar-refractivity contribution in [2.45, 2.75) is 36.2 Å². The van der Waals surface area contributed by atoms with Crippen LogP contribution >= 0.6 is 0 Å². The number of carbonyl (C=O) groups is 2. The molecular weight excluding hydrogens is 463 g/mol. The Morgan fingerprint density at radius 2 is 1.76 bits per heavy atom. The maximum Gasteiger partial charge on any atom is 0.249 e. The SMILES string of the molecule is N[C@@H](CC(=O)N1N=CCC1C(=O)Nc1ccc(S(N)(=O)=O)cc1)Cc1cc(F)c(F)cc1F. The molecule has 2 atom stereocenters. The Morgan fingerprint density at radius 3 is 2.39 bits per heavy atom. The predicted octanol–water partition coefficient (Wildman–Crippen LogP) is 1.24. The number of primary sulfonamides is 1. The average molecular weight is 483 g/mol. The average Bonchev–Trinajstić information content (AvgIpc) is 3.22. The van der Waals surface area contributed by atoms with Crippen LogP contribution in [-0.4, -0.2) is 43.5 Å². The highest BCUT2D eigenvalue weighted by molar-refractivity contribution is 7.89. The van der Waals surface area contributed by atoms with Gasteiger partial charge in [-0.2, -0.15) is 5.10 Å². The second-order valence-electron chi connectivity index (χ2n) is 7.37. The summed E-state index contributed by atoms with van der Waals surface area (Å²) in [6.45, 7) is 0. The minimum atomic E-state index is -3.89. The molecule has 1 unspecified atom stereocenters. The van der Waals surface area contributed by atoms with Crippen molar-refractivity contribution >= 4 is 33.7 Å². The van der Waals surface area contributed by atoms with Crippen molar-refractivity contribution in [2.75, 3.05) is 5.32 Å². The molecule has 2 amide bonds. The predicted molar refractivity (Wildman–Crippen MR) is 113 cm³/mol. The summed E-state index contributed by atoms with van der Waals surface area (Å²) in [6, 6.07) is 4.27. The number of hydrogen-bond acceptors (Lipinski definition) is 6. The molecule has 13 heteroatoms. The van der Waals surface area contributed by atoms with Gasteiger partial charge in [0.05, 0.1) is 4.90 Å². The van der Waals surface area contributed by atoms with Gasteiger partial charge in [0.25, 0.3) is 0 Å². The van der Waals surface area contributed by atoms with Crippen molar-refractivity contribution in [1.29, 1.82) is 0 Å². The van der Waals surface area contributed by atoms with Gasteiger partial charge in [-0.1, -0.05) is 0 Å². The van der Waals surface area contributed by atoms with Crippen LogP contribution < -0.4 is 16.2 Å². The van der Waals surface area contributed by atoms with Gasteiger partial charge in [-0.15, -0.1) is 0 Å². The van der Waals surface area contributed by atoms with E-state index >= 15 is 0 Å². The molecule has 0 fully saturated rings. The number of hydrazone groups is 1. The summed E-state index contributed by atoms with van der Waals surface area (Å²) in [5.74, 6) is -4.75. The highest BCUT2D eigenvalue weighted by Crippen LogP contribution is 2.20. The number of benzene rings is 2. The zero-order valence-corrected chi connectivity index (χ0v) is 17.9. The number of nitrogens with two attached hydrogens (primary N) is 2. The van der Waals surface area contributed by atoms with Gasteiger partial charge in [0.1, 0.15) is 11.9 Å². The number of sulfonamides is 1. The summed E-state index contributed by atoms with van der Waals surface area (Å²) in [7, 11) is -3.89. The van der Waals surface area contributed by atoms with Gasteiger partial charge in [0.15, 0.2) is 11.6 Å². The molecule has 2 aromatic carbocycles. The summed E-state index contributed by atoms with van der Waals surface area (Å²) in [4.78, 5) is 25.1. The van der Waals surface area contributed by atoms with E-state index in [1.165, 1.54) is 30.5 Å². The highest BCUT2D eigenvalue weighted by atomic mass is 32.2. The second kappa shape index (κ2) is 9.68. The molecule has 3 rings (SSSR count). The number of hydrogen-bond donors (Lipinski definition) is 3. The molecule has 1 heterocycles. The monoisotopic (exact) mass is 483 g/mol. The molecule has 1 aliphatic heterocycles. The lowest BCUT2D eigenvalue weighted by atomic mass is 10.0. The number of nitrogens with one attached hydrogen (secondary N) is 1. The zero-order chi connectivity index (χ0) is 24.3. The van der Waals surface area contributed by atoms with Crippen molar-refractivity contribution in [3.63, 3.8) is 0 Å². The first-order chi connectivity index (χ1) is 15.5. The summed E-state index contributed by atoms with van der Waals surface area (Å²) in [6.07, 6.45) is 0.925. The molecule has 1 aliphatic rings. The third-order valence-electron chi connectivity index (χ3n) is 4.85. The summed E-state index contributed by atoms with van der Waals surface area (Å²) < 4.78 is 62.9. The van der Waals surface area contributed by atoms with E-state index in [1.54, 1.807) is 0 Å². The molecular formula is C20H20F3N5O4S. The minimum absolute atomic E-state index is 0.125. The van der Waals surface area contributed by atoms with Crippen LogP contribution in [0.15, 0.2) is 46.4 Å². The van der Waals surface area contributed by atoms with E-state index in [0.717, 1.165) is 5.01 Å². The van der Waals surface area contributed by atoms with Crippen LogP contribution in [0.3, 0.4) is 0 Å². The van der Waals surface area contributed by atoms with Crippen LogP contribution in [0, 0.1) is 17.5 Å². The van der Waals surface area contributed by atoms with E-state index in [1.807, 2.05) is 0 Å². The van der Waals surface area contributed by atoms with E-state index in [0.29, 0.717) is 12.1 Å². The van der Waals surface area contributed by atoms with Crippen LogP contribution in [0.25, 0.3) is 0 Å². The first kappa shape index (κ1) is 24.4.